The number of aromatic nitrogens is 2. The summed E-state index contributed by atoms with van der Waals surface area (Å²) in [6.07, 6.45) is -2.96. The molecule has 1 aliphatic heterocycles. The van der Waals surface area contributed by atoms with Gasteiger partial charge in [0.25, 0.3) is 0 Å². The molecule has 122 valence electrons. The van der Waals surface area contributed by atoms with Gasteiger partial charge in [-0.3, -0.25) is 0 Å². The number of rotatable bonds is 2. The Balaban J connectivity index is 1.84. The first-order valence-corrected chi connectivity index (χ1v) is 7.41. The summed E-state index contributed by atoms with van der Waals surface area (Å²) in [5.74, 6) is 0.875. The molecule has 0 spiro atoms. The maximum absolute atomic E-state index is 12.5. The van der Waals surface area contributed by atoms with E-state index in [2.05, 4.69) is 15.5 Å². The molecule has 1 aromatic carbocycles. The molecule has 0 saturated carbocycles. The third kappa shape index (κ3) is 3.50. The molecule has 0 radical (unpaired) electrons. The van der Waals surface area contributed by atoms with Crippen molar-refractivity contribution < 1.29 is 17.9 Å². The van der Waals surface area contributed by atoms with Gasteiger partial charge in [-0.05, 0) is 31.0 Å². The topological polar surface area (TPSA) is 47.0 Å². The van der Waals surface area contributed by atoms with Gasteiger partial charge < -0.3 is 10.1 Å². The van der Waals surface area contributed by atoms with Crippen LogP contribution in [0, 0.1) is 0 Å². The first-order valence-electron chi connectivity index (χ1n) is 7.04. The lowest BCUT2D eigenvalue weighted by Gasteiger charge is -2.19. The van der Waals surface area contributed by atoms with Crippen LogP contribution in [0.25, 0.3) is 0 Å². The van der Waals surface area contributed by atoms with E-state index in [-0.39, 0.29) is 11.9 Å². The summed E-state index contributed by atoms with van der Waals surface area (Å²) >= 11 is 6.15. The van der Waals surface area contributed by atoms with Gasteiger partial charge in [0.15, 0.2) is 5.69 Å². The van der Waals surface area contributed by atoms with Gasteiger partial charge in [-0.25, -0.2) is 0 Å². The molecule has 1 atom stereocenters. The standard InChI is InChI=1S/C15H13ClF3N3O/c16-10-4-1-3-9-11(5-2-8-23-14(9)10)20-13-7-6-12(21-22-13)15(17,18)19/h1,3-4,6-7,11H,2,5,8H2,(H,20,22). The second-order valence-corrected chi connectivity index (χ2v) is 5.55. The number of para-hydroxylation sites is 1. The van der Waals surface area contributed by atoms with E-state index in [0.29, 0.717) is 17.4 Å². The fourth-order valence-corrected chi connectivity index (χ4v) is 2.69. The van der Waals surface area contributed by atoms with Crippen molar-refractivity contribution in [2.75, 3.05) is 11.9 Å². The predicted octanol–water partition coefficient (Wildman–Crippen LogP) is 4.47. The van der Waals surface area contributed by atoms with Gasteiger partial charge in [0.1, 0.15) is 11.6 Å². The van der Waals surface area contributed by atoms with E-state index in [4.69, 9.17) is 16.3 Å². The van der Waals surface area contributed by atoms with E-state index in [1.165, 1.54) is 6.07 Å². The highest BCUT2D eigenvalue weighted by molar-refractivity contribution is 6.32. The summed E-state index contributed by atoms with van der Waals surface area (Å²) in [5, 5.41) is 10.4. The molecule has 1 unspecified atom stereocenters. The summed E-state index contributed by atoms with van der Waals surface area (Å²) in [5.41, 5.74) is -0.160. The number of anilines is 1. The van der Waals surface area contributed by atoms with E-state index < -0.39 is 11.9 Å². The number of ether oxygens (including phenoxy) is 1. The SMILES string of the molecule is FC(F)(F)c1ccc(NC2CCCOc3c(Cl)cccc32)nn1. The molecule has 0 bridgehead atoms. The lowest BCUT2D eigenvalue weighted by Crippen LogP contribution is -2.14. The Morgan fingerprint density at radius 3 is 2.70 bits per heavy atom. The van der Waals surface area contributed by atoms with Gasteiger partial charge in [-0.15, -0.1) is 10.2 Å². The van der Waals surface area contributed by atoms with Gasteiger partial charge >= 0.3 is 6.18 Å². The van der Waals surface area contributed by atoms with E-state index >= 15 is 0 Å². The Kier molecular flexibility index (Phi) is 4.30. The zero-order valence-corrected chi connectivity index (χ0v) is 12.7. The highest BCUT2D eigenvalue weighted by Gasteiger charge is 2.33. The second-order valence-electron chi connectivity index (χ2n) is 5.15. The Bertz CT molecular complexity index is 691. The molecule has 4 nitrogen and oxygen atoms in total. The lowest BCUT2D eigenvalue weighted by molar-refractivity contribution is -0.141. The van der Waals surface area contributed by atoms with Crippen molar-refractivity contribution in [2.45, 2.75) is 25.1 Å². The normalized spacial score (nSPS) is 17.8. The third-order valence-corrected chi connectivity index (χ3v) is 3.83. The van der Waals surface area contributed by atoms with E-state index in [0.717, 1.165) is 24.5 Å². The highest BCUT2D eigenvalue weighted by Crippen LogP contribution is 2.38. The first kappa shape index (κ1) is 15.9. The second kappa shape index (κ2) is 6.23. The quantitative estimate of drug-likeness (QED) is 0.873. The van der Waals surface area contributed by atoms with Crippen LogP contribution in [-0.2, 0) is 6.18 Å². The Labute approximate surface area is 135 Å². The number of nitrogens with one attached hydrogen (secondary N) is 1. The van der Waals surface area contributed by atoms with Crippen molar-refractivity contribution in [2.24, 2.45) is 0 Å². The minimum Gasteiger partial charge on any atom is -0.492 e. The Morgan fingerprint density at radius 1 is 1.17 bits per heavy atom. The number of hydrogen-bond acceptors (Lipinski definition) is 4. The number of benzene rings is 1. The molecular formula is C15H13ClF3N3O. The largest absolute Gasteiger partial charge is 0.492 e. The van der Waals surface area contributed by atoms with Gasteiger partial charge in [-0.1, -0.05) is 23.7 Å². The van der Waals surface area contributed by atoms with Crippen LogP contribution in [0.2, 0.25) is 5.02 Å². The number of alkyl halides is 3. The van der Waals surface area contributed by atoms with Crippen LogP contribution in [0.15, 0.2) is 30.3 Å². The molecule has 0 fully saturated rings. The van der Waals surface area contributed by atoms with Crippen LogP contribution in [-0.4, -0.2) is 16.8 Å². The van der Waals surface area contributed by atoms with Crippen LogP contribution in [0.5, 0.6) is 5.75 Å². The van der Waals surface area contributed by atoms with Gasteiger partial charge in [-0.2, -0.15) is 13.2 Å². The number of nitrogens with zero attached hydrogens (tertiary/aromatic N) is 2. The molecule has 2 heterocycles. The van der Waals surface area contributed by atoms with Crippen molar-refractivity contribution in [3.8, 4) is 5.75 Å². The number of halogens is 4. The number of fused-ring (bicyclic) bond motifs is 1. The van der Waals surface area contributed by atoms with Crippen molar-refractivity contribution in [1.29, 1.82) is 0 Å². The minimum absolute atomic E-state index is 0.155. The van der Waals surface area contributed by atoms with Gasteiger partial charge in [0.2, 0.25) is 0 Å². The molecule has 1 N–H and O–H groups in total. The zero-order chi connectivity index (χ0) is 16.4. The lowest BCUT2D eigenvalue weighted by atomic mass is 10.0. The smallest absolute Gasteiger partial charge is 0.435 e. The molecular weight excluding hydrogens is 331 g/mol. The summed E-state index contributed by atoms with van der Waals surface area (Å²) in [7, 11) is 0. The highest BCUT2D eigenvalue weighted by atomic mass is 35.5. The fraction of sp³-hybridized carbons (Fsp3) is 0.333. The molecule has 2 aromatic rings. The molecule has 1 aliphatic rings. The average molecular weight is 344 g/mol. The molecule has 3 rings (SSSR count). The molecule has 8 heteroatoms. The minimum atomic E-state index is -4.50. The van der Waals surface area contributed by atoms with Gasteiger partial charge in [0.05, 0.1) is 17.7 Å². The Morgan fingerprint density at radius 2 is 2.00 bits per heavy atom. The maximum atomic E-state index is 12.5. The van der Waals surface area contributed by atoms with Crippen LogP contribution < -0.4 is 10.1 Å². The zero-order valence-electron chi connectivity index (χ0n) is 11.9. The molecule has 1 aromatic heterocycles. The average Bonchev–Trinajstić information content (AvgIpc) is 2.71. The molecule has 0 saturated heterocycles. The monoisotopic (exact) mass is 343 g/mol. The summed E-state index contributed by atoms with van der Waals surface area (Å²) in [6, 6.07) is 7.44. The van der Waals surface area contributed by atoms with Crippen molar-refractivity contribution >= 4 is 17.4 Å². The van der Waals surface area contributed by atoms with Gasteiger partial charge in [0, 0.05) is 5.56 Å². The van der Waals surface area contributed by atoms with E-state index in [1.807, 2.05) is 12.1 Å². The van der Waals surface area contributed by atoms with Crippen molar-refractivity contribution in [3.05, 3.63) is 46.6 Å². The Hall–Kier alpha value is -2.02. The maximum Gasteiger partial charge on any atom is 0.435 e. The summed E-state index contributed by atoms with van der Waals surface area (Å²) in [6.45, 7) is 0.535. The van der Waals surface area contributed by atoms with Crippen LogP contribution in [0.3, 0.4) is 0 Å². The summed E-state index contributed by atoms with van der Waals surface area (Å²) in [4.78, 5) is 0. The fourth-order valence-electron chi connectivity index (χ4n) is 2.46. The molecule has 23 heavy (non-hydrogen) atoms. The van der Waals surface area contributed by atoms with Crippen LogP contribution in [0.1, 0.15) is 30.1 Å². The molecule has 0 amide bonds. The number of hydrogen-bond donors (Lipinski definition) is 1. The van der Waals surface area contributed by atoms with E-state index in [9.17, 15) is 13.2 Å². The molecule has 0 aliphatic carbocycles. The third-order valence-electron chi connectivity index (χ3n) is 3.53. The van der Waals surface area contributed by atoms with Crippen LogP contribution >= 0.6 is 11.6 Å². The van der Waals surface area contributed by atoms with Crippen molar-refractivity contribution in [1.82, 2.24) is 10.2 Å². The summed E-state index contributed by atoms with van der Waals surface area (Å²) < 4.78 is 43.2. The first-order chi connectivity index (χ1) is 10.9. The van der Waals surface area contributed by atoms with Crippen molar-refractivity contribution in [3.63, 3.8) is 0 Å². The van der Waals surface area contributed by atoms with Crippen LogP contribution in [0.4, 0.5) is 19.0 Å². The predicted molar refractivity (Wildman–Crippen MR) is 79.6 cm³/mol. The van der Waals surface area contributed by atoms with E-state index in [1.54, 1.807) is 6.07 Å².